The molecule has 0 atom stereocenters. The summed E-state index contributed by atoms with van der Waals surface area (Å²) in [5.41, 5.74) is 1.17. The summed E-state index contributed by atoms with van der Waals surface area (Å²) in [6, 6.07) is 5.01. The molecule has 0 amide bonds. The third-order valence-corrected chi connectivity index (χ3v) is 5.18. The zero-order valence-corrected chi connectivity index (χ0v) is 14.5. The maximum atomic E-state index is 12.4. The molecule has 2 rings (SSSR count). The quantitative estimate of drug-likeness (QED) is 0.847. The normalized spacial score (nSPS) is 11.7. The Kier molecular flexibility index (Phi) is 4.91. The van der Waals surface area contributed by atoms with Crippen LogP contribution in [0, 0.1) is 6.92 Å². The molecule has 118 valence electrons. The summed E-state index contributed by atoms with van der Waals surface area (Å²) in [5, 5.41) is 3.14. The van der Waals surface area contributed by atoms with E-state index in [1.54, 1.807) is 18.2 Å². The highest BCUT2D eigenvalue weighted by molar-refractivity contribution is 7.89. The number of nitrogens with one attached hydrogen (secondary N) is 1. The molecule has 9 heteroatoms. The van der Waals surface area contributed by atoms with Crippen molar-refractivity contribution in [2.45, 2.75) is 11.8 Å². The van der Waals surface area contributed by atoms with E-state index in [1.807, 2.05) is 6.92 Å². The van der Waals surface area contributed by atoms with Crippen LogP contribution in [-0.2, 0) is 10.0 Å². The van der Waals surface area contributed by atoms with E-state index in [1.165, 1.54) is 20.3 Å². The van der Waals surface area contributed by atoms with E-state index in [0.717, 1.165) is 9.87 Å². The molecule has 6 nitrogen and oxygen atoms in total. The van der Waals surface area contributed by atoms with Crippen molar-refractivity contribution in [1.29, 1.82) is 0 Å². The summed E-state index contributed by atoms with van der Waals surface area (Å²) in [5.74, 6) is 0.237. The third kappa shape index (κ3) is 3.49. The largest absolute Gasteiger partial charge is 0.338 e. The summed E-state index contributed by atoms with van der Waals surface area (Å²) in [6.45, 7) is 1.81. The van der Waals surface area contributed by atoms with Crippen LogP contribution in [0.25, 0.3) is 0 Å². The Hall–Kier alpha value is -1.41. The van der Waals surface area contributed by atoms with E-state index >= 15 is 0 Å². The summed E-state index contributed by atoms with van der Waals surface area (Å²) >= 11 is 11.7. The predicted octanol–water partition coefficient (Wildman–Crippen LogP) is 3.09. The Morgan fingerprint density at radius 2 is 1.91 bits per heavy atom. The van der Waals surface area contributed by atoms with Crippen LogP contribution < -0.4 is 5.32 Å². The molecule has 0 aliphatic carbocycles. The van der Waals surface area contributed by atoms with Gasteiger partial charge in [0.2, 0.25) is 15.3 Å². The molecule has 1 aromatic heterocycles. The van der Waals surface area contributed by atoms with Gasteiger partial charge in [-0.1, -0.05) is 17.7 Å². The predicted molar refractivity (Wildman–Crippen MR) is 87.4 cm³/mol. The molecule has 0 aliphatic rings. The standard InChI is InChI=1S/C13H14Cl2N4O2S/c1-8-4-5-10(11(6-8)22(20,21)19(2)3)17-12-9(14)7-16-13(15)18-12/h4-7H,1-3H3,(H,16,17,18). The molecule has 0 unspecified atom stereocenters. The lowest BCUT2D eigenvalue weighted by Gasteiger charge is -2.17. The van der Waals surface area contributed by atoms with E-state index in [4.69, 9.17) is 23.2 Å². The van der Waals surface area contributed by atoms with Crippen molar-refractivity contribution < 1.29 is 8.42 Å². The lowest BCUT2D eigenvalue weighted by Crippen LogP contribution is -2.23. The number of aryl methyl sites for hydroxylation is 1. The average molecular weight is 361 g/mol. The first-order valence-electron chi connectivity index (χ1n) is 6.20. The molecule has 0 spiro atoms. The third-order valence-electron chi connectivity index (χ3n) is 2.86. The van der Waals surface area contributed by atoms with Crippen LogP contribution in [0.3, 0.4) is 0 Å². The van der Waals surface area contributed by atoms with Gasteiger partial charge in [0.1, 0.15) is 9.92 Å². The lowest BCUT2D eigenvalue weighted by atomic mass is 10.2. The fourth-order valence-electron chi connectivity index (χ4n) is 1.70. The molecule has 1 heterocycles. The average Bonchev–Trinajstić information content (AvgIpc) is 2.44. The van der Waals surface area contributed by atoms with Crippen molar-refractivity contribution in [3.63, 3.8) is 0 Å². The van der Waals surface area contributed by atoms with Gasteiger partial charge in [0, 0.05) is 14.1 Å². The molecule has 0 bridgehead atoms. The van der Waals surface area contributed by atoms with Gasteiger partial charge in [-0.15, -0.1) is 0 Å². The van der Waals surface area contributed by atoms with Crippen LogP contribution in [0.4, 0.5) is 11.5 Å². The van der Waals surface area contributed by atoms with E-state index in [-0.39, 0.29) is 21.0 Å². The van der Waals surface area contributed by atoms with Crippen molar-refractivity contribution in [2.24, 2.45) is 0 Å². The number of aromatic nitrogens is 2. The maximum absolute atomic E-state index is 12.4. The van der Waals surface area contributed by atoms with E-state index in [2.05, 4.69) is 15.3 Å². The smallest absolute Gasteiger partial charge is 0.244 e. The van der Waals surface area contributed by atoms with Gasteiger partial charge >= 0.3 is 0 Å². The number of hydrogen-bond donors (Lipinski definition) is 1. The Morgan fingerprint density at radius 3 is 2.55 bits per heavy atom. The van der Waals surface area contributed by atoms with Crippen molar-refractivity contribution in [1.82, 2.24) is 14.3 Å². The molecule has 0 saturated carbocycles. The van der Waals surface area contributed by atoms with Crippen molar-refractivity contribution in [3.05, 3.63) is 40.3 Å². The van der Waals surface area contributed by atoms with Gasteiger partial charge < -0.3 is 5.32 Å². The zero-order chi connectivity index (χ0) is 16.5. The zero-order valence-electron chi connectivity index (χ0n) is 12.1. The van der Waals surface area contributed by atoms with Crippen LogP contribution in [0.5, 0.6) is 0 Å². The molecule has 2 aromatic rings. The highest BCUT2D eigenvalue weighted by atomic mass is 35.5. The fourth-order valence-corrected chi connectivity index (χ4v) is 3.10. The van der Waals surface area contributed by atoms with Gasteiger partial charge in [0.05, 0.1) is 11.9 Å². The molecule has 0 radical (unpaired) electrons. The number of halogens is 2. The number of benzene rings is 1. The first-order chi connectivity index (χ1) is 10.2. The van der Waals surface area contributed by atoms with Crippen LogP contribution in [0.1, 0.15) is 5.56 Å². The van der Waals surface area contributed by atoms with Gasteiger partial charge in [-0.05, 0) is 36.2 Å². The number of sulfonamides is 1. The molecule has 22 heavy (non-hydrogen) atoms. The Balaban J connectivity index is 2.55. The number of nitrogens with zero attached hydrogens (tertiary/aromatic N) is 3. The van der Waals surface area contributed by atoms with E-state index in [0.29, 0.717) is 5.69 Å². The second-order valence-electron chi connectivity index (χ2n) is 4.75. The van der Waals surface area contributed by atoms with Gasteiger partial charge in [-0.3, -0.25) is 0 Å². The van der Waals surface area contributed by atoms with Crippen molar-refractivity contribution in [3.8, 4) is 0 Å². The lowest BCUT2D eigenvalue weighted by molar-refractivity contribution is 0.521. The maximum Gasteiger partial charge on any atom is 0.244 e. The Labute approximate surface area is 139 Å². The highest BCUT2D eigenvalue weighted by Crippen LogP contribution is 2.30. The molecule has 1 N–H and O–H groups in total. The van der Waals surface area contributed by atoms with Crippen LogP contribution in [0.2, 0.25) is 10.3 Å². The first kappa shape index (κ1) is 17.0. The number of hydrogen-bond acceptors (Lipinski definition) is 5. The van der Waals surface area contributed by atoms with Gasteiger partial charge in [-0.2, -0.15) is 4.98 Å². The number of rotatable bonds is 4. The Bertz CT molecular complexity index is 810. The second kappa shape index (κ2) is 6.37. The molecule has 0 saturated heterocycles. The molecule has 0 fully saturated rings. The minimum absolute atomic E-state index is 0.0102. The van der Waals surface area contributed by atoms with Crippen molar-refractivity contribution >= 4 is 44.7 Å². The monoisotopic (exact) mass is 360 g/mol. The van der Waals surface area contributed by atoms with Gasteiger partial charge in [0.15, 0.2) is 5.82 Å². The van der Waals surface area contributed by atoms with Crippen LogP contribution >= 0.6 is 23.2 Å². The number of anilines is 2. The minimum Gasteiger partial charge on any atom is -0.338 e. The van der Waals surface area contributed by atoms with Crippen molar-refractivity contribution in [2.75, 3.05) is 19.4 Å². The molecular formula is C13H14Cl2N4O2S. The summed E-state index contributed by atoms with van der Waals surface area (Å²) in [7, 11) is -0.685. The van der Waals surface area contributed by atoms with E-state index < -0.39 is 10.0 Å². The van der Waals surface area contributed by atoms with E-state index in [9.17, 15) is 8.42 Å². The fraction of sp³-hybridized carbons (Fsp3) is 0.231. The summed E-state index contributed by atoms with van der Waals surface area (Å²) in [4.78, 5) is 7.84. The van der Waals surface area contributed by atoms with Gasteiger partial charge in [0.25, 0.3) is 0 Å². The Morgan fingerprint density at radius 1 is 1.23 bits per heavy atom. The second-order valence-corrected chi connectivity index (χ2v) is 7.61. The summed E-state index contributed by atoms with van der Waals surface area (Å²) < 4.78 is 26.0. The topological polar surface area (TPSA) is 75.2 Å². The molecule has 0 aliphatic heterocycles. The van der Waals surface area contributed by atoms with Gasteiger partial charge in [-0.25, -0.2) is 17.7 Å². The summed E-state index contributed by atoms with van der Waals surface area (Å²) in [6.07, 6.45) is 1.34. The van der Waals surface area contributed by atoms with Crippen LogP contribution in [0.15, 0.2) is 29.3 Å². The minimum atomic E-state index is -3.62. The molecule has 1 aromatic carbocycles. The SMILES string of the molecule is Cc1ccc(Nc2nc(Cl)ncc2Cl)c(S(=O)(=O)N(C)C)c1. The molecular weight excluding hydrogens is 347 g/mol. The first-order valence-corrected chi connectivity index (χ1v) is 8.39. The van der Waals surface area contributed by atoms with Crippen LogP contribution in [-0.4, -0.2) is 36.8 Å². The highest BCUT2D eigenvalue weighted by Gasteiger charge is 2.22.